The number of halogens is 4. The first kappa shape index (κ1) is 30.5. The summed E-state index contributed by atoms with van der Waals surface area (Å²) >= 11 is 0. The van der Waals surface area contributed by atoms with Gasteiger partial charge in [-0.15, -0.1) is 0 Å². The largest absolute Gasteiger partial charge is 0.418 e. The van der Waals surface area contributed by atoms with Gasteiger partial charge in [0, 0.05) is 50.1 Å². The number of pyridine rings is 2. The van der Waals surface area contributed by atoms with Crippen LogP contribution in [0.5, 0.6) is 0 Å². The fourth-order valence-corrected chi connectivity index (χ4v) is 5.80. The van der Waals surface area contributed by atoms with Crippen molar-refractivity contribution < 1.29 is 27.0 Å². The van der Waals surface area contributed by atoms with E-state index in [1.807, 2.05) is 13.8 Å². The van der Waals surface area contributed by atoms with Crippen molar-refractivity contribution in [3.05, 3.63) is 35.8 Å². The van der Waals surface area contributed by atoms with Gasteiger partial charge in [0.2, 0.25) is 0 Å². The van der Waals surface area contributed by atoms with Gasteiger partial charge >= 0.3 is 6.18 Å². The van der Waals surface area contributed by atoms with E-state index in [1.165, 1.54) is 18.3 Å². The first-order valence-corrected chi connectivity index (χ1v) is 14.1. The molecule has 2 fully saturated rings. The summed E-state index contributed by atoms with van der Waals surface area (Å²) in [6.45, 7) is 7.91. The van der Waals surface area contributed by atoms with Crippen molar-refractivity contribution in [1.82, 2.24) is 15.3 Å². The zero-order valence-corrected chi connectivity index (χ0v) is 23.7. The predicted octanol–water partition coefficient (Wildman–Crippen LogP) is 6.27. The Labute approximate surface area is 233 Å². The Morgan fingerprint density at radius 2 is 1.82 bits per heavy atom. The lowest BCUT2D eigenvalue weighted by Crippen LogP contribution is -2.43. The summed E-state index contributed by atoms with van der Waals surface area (Å²) in [5.41, 5.74) is -1.92. The second kappa shape index (κ2) is 13.0. The van der Waals surface area contributed by atoms with Gasteiger partial charge in [0.25, 0.3) is 0 Å². The summed E-state index contributed by atoms with van der Waals surface area (Å²) < 4.78 is 68.6. The molecule has 0 bridgehead atoms. The van der Waals surface area contributed by atoms with E-state index < -0.39 is 23.3 Å². The number of methoxy groups -OCH3 is 1. The fraction of sp³-hybridized carbons (Fsp3) is 0.655. The van der Waals surface area contributed by atoms with Gasteiger partial charge in [-0.2, -0.15) is 13.2 Å². The second-order valence-electron chi connectivity index (χ2n) is 11.7. The first-order valence-electron chi connectivity index (χ1n) is 14.1. The van der Waals surface area contributed by atoms with Gasteiger partial charge in [0.15, 0.2) is 11.6 Å². The van der Waals surface area contributed by atoms with Crippen LogP contribution < -0.4 is 16.0 Å². The molecule has 1 unspecified atom stereocenters. The van der Waals surface area contributed by atoms with Crippen molar-refractivity contribution in [2.24, 2.45) is 5.92 Å². The molecule has 0 radical (unpaired) electrons. The quantitative estimate of drug-likeness (QED) is 0.292. The van der Waals surface area contributed by atoms with Crippen molar-refractivity contribution in [1.29, 1.82) is 0 Å². The summed E-state index contributed by atoms with van der Waals surface area (Å²) in [5, 5.41) is 9.83. The molecule has 2 aromatic rings. The molecule has 222 valence electrons. The molecular formula is C29H41F4N5O2. The number of nitrogens with one attached hydrogen (secondary N) is 3. The van der Waals surface area contributed by atoms with Crippen molar-refractivity contribution in [3.63, 3.8) is 0 Å². The van der Waals surface area contributed by atoms with Crippen molar-refractivity contribution in [3.8, 4) is 11.3 Å². The van der Waals surface area contributed by atoms with Crippen LogP contribution in [0.3, 0.4) is 0 Å². The minimum Gasteiger partial charge on any atom is -0.383 e. The average Bonchev–Trinajstić information content (AvgIpc) is 2.89. The minimum absolute atomic E-state index is 0.0280. The van der Waals surface area contributed by atoms with E-state index in [1.54, 1.807) is 7.11 Å². The third-order valence-corrected chi connectivity index (χ3v) is 7.72. The molecule has 1 saturated carbocycles. The van der Waals surface area contributed by atoms with Gasteiger partial charge in [-0.3, -0.25) is 0 Å². The Kier molecular flexibility index (Phi) is 9.89. The van der Waals surface area contributed by atoms with Crippen LogP contribution >= 0.6 is 0 Å². The molecule has 40 heavy (non-hydrogen) atoms. The maximum atomic E-state index is 15.7. The van der Waals surface area contributed by atoms with Gasteiger partial charge in [-0.25, -0.2) is 14.4 Å². The molecule has 0 aromatic carbocycles. The van der Waals surface area contributed by atoms with Gasteiger partial charge in [0.1, 0.15) is 5.82 Å². The number of hydrogen-bond acceptors (Lipinski definition) is 7. The first-order chi connectivity index (χ1) is 18.9. The second-order valence-corrected chi connectivity index (χ2v) is 11.7. The number of anilines is 2. The molecule has 0 spiro atoms. The Balaban J connectivity index is 1.49. The van der Waals surface area contributed by atoms with Crippen molar-refractivity contribution >= 4 is 11.6 Å². The number of ether oxygens (including phenoxy) is 2. The Hall–Kier alpha value is -2.50. The van der Waals surface area contributed by atoms with Crippen LogP contribution in [-0.2, 0) is 15.7 Å². The number of alkyl halides is 3. The molecule has 2 aliphatic rings. The highest BCUT2D eigenvalue weighted by Gasteiger charge is 2.36. The van der Waals surface area contributed by atoms with Crippen LogP contribution in [0.15, 0.2) is 24.4 Å². The maximum absolute atomic E-state index is 15.7. The summed E-state index contributed by atoms with van der Waals surface area (Å²) in [7, 11) is 1.67. The molecule has 1 aliphatic heterocycles. The summed E-state index contributed by atoms with van der Waals surface area (Å²) in [6, 6.07) is 4.06. The molecule has 1 saturated heterocycles. The lowest BCUT2D eigenvalue weighted by molar-refractivity contribution is -0.137. The number of rotatable bonds is 10. The topological polar surface area (TPSA) is 80.3 Å². The molecule has 11 heteroatoms. The molecule has 3 N–H and O–H groups in total. The SMILES string of the molecule is COC[C@@H](C)NC1CCC(Nc2nccc(-c3nc(NCC4CCOC(C)(C)C4)ccc3C(F)(F)F)c2F)CC1. The third-order valence-electron chi connectivity index (χ3n) is 7.72. The number of nitrogens with zero attached hydrogens (tertiary/aromatic N) is 2. The normalized spacial score (nSPS) is 23.9. The predicted molar refractivity (Wildman–Crippen MR) is 148 cm³/mol. The minimum atomic E-state index is -4.69. The smallest absolute Gasteiger partial charge is 0.383 e. The van der Waals surface area contributed by atoms with Gasteiger partial charge < -0.3 is 25.4 Å². The third kappa shape index (κ3) is 8.04. The van der Waals surface area contributed by atoms with E-state index >= 15 is 4.39 Å². The zero-order chi connectivity index (χ0) is 28.9. The van der Waals surface area contributed by atoms with E-state index in [0.717, 1.165) is 44.6 Å². The van der Waals surface area contributed by atoms with Gasteiger partial charge in [0.05, 0.1) is 23.5 Å². The fourth-order valence-electron chi connectivity index (χ4n) is 5.80. The Bertz CT molecular complexity index is 1120. The summed E-state index contributed by atoms with van der Waals surface area (Å²) in [5.74, 6) is -0.332. The summed E-state index contributed by atoms with van der Waals surface area (Å²) in [6.07, 6.45) is 1.67. The van der Waals surface area contributed by atoms with Crippen LogP contribution in [0.4, 0.5) is 29.2 Å². The Morgan fingerprint density at radius 3 is 2.50 bits per heavy atom. The average molecular weight is 568 g/mol. The van der Waals surface area contributed by atoms with Crippen LogP contribution in [0.2, 0.25) is 0 Å². The molecule has 7 nitrogen and oxygen atoms in total. The summed E-state index contributed by atoms with van der Waals surface area (Å²) in [4.78, 5) is 8.38. The number of hydrogen-bond donors (Lipinski definition) is 3. The van der Waals surface area contributed by atoms with E-state index in [9.17, 15) is 13.2 Å². The Morgan fingerprint density at radius 1 is 1.10 bits per heavy atom. The zero-order valence-electron chi connectivity index (χ0n) is 23.7. The van der Waals surface area contributed by atoms with Crippen molar-refractivity contribution in [2.75, 3.05) is 37.5 Å². The van der Waals surface area contributed by atoms with E-state index in [2.05, 4.69) is 32.8 Å². The van der Waals surface area contributed by atoms with Gasteiger partial charge in [-0.05, 0) is 83.4 Å². The van der Waals surface area contributed by atoms with E-state index in [0.29, 0.717) is 31.7 Å². The lowest BCUT2D eigenvalue weighted by atomic mass is 9.88. The number of aromatic nitrogens is 2. The van der Waals surface area contributed by atoms with Crippen LogP contribution in [0.25, 0.3) is 11.3 Å². The molecule has 0 amide bonds. The van der Waals surface area contributed by atoms with E-state index in [4.69, 9.17) is 9.47 Å². The van der Waals surface area contributed by atoms with Gasteiger partial charge in [-0.1, -0.05) is 0 Å². The molecule has 2 atom stereocenters. The molecule has 4 rings (SSSR count). The molecule has 2 aromatic heterocycles. The standard InChI is InChI=1S/C29H41F4N5O2/c1-18(17-39-4)36-20-5-7-21(8-6-20)37-27-25(30)22(11-13-34-27)26-23(29(31,32)33)9-10-24(38-26)35-16-19-12-14-40-28(2,3)15-19/h9-11,13,18-21,36H,5-8,12,14-17H2,1-4H3,(H,34,37)(H,35,38)/t18-,19?,20?,21?/m1/s1. The highest BCUT2D eigenvalue weighted by Crippen LogP contribution is 2.39. The monoisotopic (exact) mass is 567 g/mol. The maximum Gasteiger partial charge on any atom is 0.418 e. The highest BCUT2D eigenvalue weighted by molar-refractivity contribution is 5.69. The van der Waals surface area contributed by atoms with Crippen LogP contribution in [0, 0.1) is 11.7 Å². The molecular weight excluding hydrogens is 526 g/mol. The molecule has 1 aliphatic carbocycles. The van der Waals surface area contributed by atoms with E-state index in [-0.39, 0.29) is 34.9 Å². The molecule has 3 heterocycles. The van der Waals surface area contributed by atoms with Crippen molar-refractivity contribution in [2.45, 2.75) is 89.2 Å². The highest BCUT2D eigenvalue weighted by atomic mass is 19.4. The van der Waals surface area contributed by atoms with Crippen LogP contribution in [0.1, 0.15) is 64.9 Å². The van der Waals surface area contributed by atoms with Crippen LogP contribution in [-0.4, -0.2) is 60.6 Å². The lowest BCUT2D eigenvalue weighted by Gasteiger charge is -2.35.